The number of carbonyl (C=O) groups excluding carboxylic acids is 1. The first kappa shape index (κ1) is 32.3. The lowest BCUT2D eigenvalue weighted by Gasteiger charge is -2.37. The number of benzene rings is 4. The second kappa shape index (κ2) is 12.2. The summed E-state index contributed by atoms with van der Waals surface area (Å²) in [6, 6.07) is 27.9. The van der Waals surface area contributed by atoms with Crippen molar-refractivity contribution >= 4 is 21.6 Å². The molecule has 256 valence electrons. The number of aromatic nitrogens is 2. The number of hydrogen-bond acceptors (Lipinski definition) is 4. The van der Waals surface area contributed by atoms with Crippen molar-refractivity contribution in [2.24, 2.45) is 4.36 Å². The third kappa shape index (κ3) is 5.22. The molecule has 2 heterocycles. The SMILES string of the molecule is CC1(C)COc2c(S(=O)(=NC(=O)Nc3c4c(c(F)c5c3C[C@@H](F)C5)CCC4)NC(c3ccccc3)(c3ccccc3)c3ccccc3)cnn21. The summed E-state index contributed by atoms with van der Waals surface area (Å²) in [4.78, 5) is 14.4. The van der Waals surface area contributed by atoms with E-state index in [1.165, 1.54) is 6.20 Å². The normalized spacial score (nSPS) is 18.4. The van der Waals surface area contributed by atoms with Gasteiger partial charge >= 0.3 is 6.03 Å². The van der Waals surface area contributed by atoms with Crippen LogP contribution in [0.15, 0.2) is 106 Å². The maximum Gasteiger partial charge on any atom is 0.354 e. The summed E-state index contributed by atoms with van der Waals surface area (Å²) in [6.45, 7) is 4.19. The molecule has 0 radical (unpaired) electrons. The van der Waals surface area contributed by atoms with Crippen LogP contribution in [-0.2, 0) is 46.7 Å². The highest BCUT2D eigenvalue weighted by molar-refractivity contribution is 7.92. The standard InChI is InChI=1S/C39H37F2N5O3S/c1-38(2)24-49-36-33(23-42-46(36)38)50(48,44-37(47)43-35-30-20-12-19-29(30)34(41)31-21-28(40)22-32(31)35)45-39(25-13-6-3-7-14-25,26-15-8-4-9-16-26)27-17-10-5-11-18-27/h3-11,13-18,23,28H,12,19-22,24H2,1-2H3,(H2,43,44,45,47,48)/t28-,50?/m0/s1. The zero-order valence-corrected chi connectivity index (χ0v) is 28.6. The van der Waals surface area contributed by atoms with Crippen molar-refractivity contribution in [1.82, 2.24) is 14.5 Å². The van der Waals surface area contributed by atoms with E-state index in [0.29, 0.717) is 40.8 Å². The fourth-order valence-corrected chi connectivity index (χ4v) is 9.59. The first-order chi connectivity index (χ1) is 24.1. The van der Waals surface area contributed by atoms with Crippen molar-refractivity contribution in [2.45, 2.75) is 68.1 Å². The molecule has 2 N–H and O–H groups in total. The number of ether oxygens (including phenoxy) is 1. The molecule has 1 unspecified atom stereocenters. The molecule has 50 heavy (non-hydrogen) atoms. The van der Waals surface area contributed by atoms with Gasteiger partial charge in [0.05, 0.1) is 11.7 Å². The topological polar surface area (TPSA) is 97.6 Å². The van der Waals surface area contributed by atoms with Gasteiger partial charge in [-0.25, -0.2) is 27.2 Å². The van der Waals surface area contributed by atoms with Gasteiger partial charge in [-0.1, -0.05) is 91.0 Å². The smallest absolute Gasteiger partial charge is 0.354 e. The van der Waals surface area contributed by atoms with E-state index in [1.54, 1.807) is 4.68 Å². The average molecular weight is 694 g/mol. The molecule has 4 aromatic carbocycles. The molecule has 0 bridgehead atoms. The number of anilines is 1. The Morgan fingerprint density at radius 3 is 2.06 bits per heavy atom. The monoisotopic (exact) mass is 693 g/mol. The second-order valence-electron chi connectivity index (χ2n) is 13.8. The van der Waals surface area contributed by atoms with Crippen LogP contribution in [0.4, 0.5) is 19.3 Å². The third-order valence-corrected chi connectivity index (χ3v) is 11.9. The predicted molar refractivity (Wildman–Crippen MR) is 188 cm³/mol. The van der Waals surface area contributed by atoms with Gasteiger partial charge in [-0.2, -0.15) is 5.10 Å². The molecule has 11 heteroatoms. The number of fused-ring (bicyclic) bond motifs is 3. The Morgan fingerprint density at radius 1 is 0.900 bits per heavy atom. The fourth-order valence-electron chi connectivity index (χ4n) is 7.72. The lowest BCUT2D eigenvalue weighted by Crippen LogP contribution is -2.48. The number of nitrogens with one attached hydrogen (secondary N) is 2. The van der Waals surface area contributed by atoms with Gasteiger partial charge in [-0.05, 0) is 72.1 Å². The lowest BCUT2D eigenvalue weighted by atomic mass is 9.78. The van der Waals surface area contributed by atoms with Gasteiger partial charge in [0.15, 0.2) is 9.92 Å². The molecule has 1 aromatic heterocycles. The number of carbonyl (C=O) groups is 1. The lowest BCUT2D eigenvalue weighted by molar-refractivity contribution is 0.258. The number of urea groups is 1. The highest BCUT2D eigenvalue weighted by Gasteiger charge is 2.44. The van der Waals surface area contributed by atoms with E-state index in [0.717, 1.165) is 23.1 Å². The summed E-state index contributed by atoms with van der Waals surface area (Å²) in [5.41, 5.74) is 2.74. The molecule has 2 aliphatic carbocycles. The van der Waals surface area contributed by atoms with Crippen LogP contribution in [0, 0.1) is 5.82 Å². The van der Waals surface area contributed by atoms with E-state index >= 15 is 8.60 Å². The number of amides is 2. The van der Waals surface area contributed by atoms with Gasteiger partial charge in [-0.3, -0.25) is 0 Å². The van der Waals surface area contributed by atoms with Crippen LogP contribution in [0.1, 0.15) is 59.2 Å². The minimum atomic E-state index is -3.96. The fraction of sp³-hybridized carbons (Fsp3) is 0.282. The Kier molecular flexibility index (Phi) is 7.87. The Balaban J connectivity index is 1.35. The number of nitrogens with zero attached hydrogens (tertiary/aromatic N) is 3. The quantitative estimate of drug-likeness (QED) is 0.171. The molecular formula is C39H37F2N5O3S. The van der Waals surface area contributed by atoms with Gasteiger partial charge in [0.2, 0.25) is 5.88 Å². The predicted octanol–water partition coefficient (Wildman–Crippen LogP) is 7.63. The van der Waals surface area contributed by atoms with E-state index in [1.807, 2.05) is 105 Å². The van der Waals surface area contributed by atoms with Crippen molar-refractivity contribution in [1.29, 1.82) is 0 Å². The van der Waals surface area contributed by atoms with Crippen LogP contribution in [-0.4, -0.2) is 32.8 Å². The van der Waals surface area contributed by atoms with Crippen LogP contribution >= 0.6 is 0 Å². The van der Waals surface area contributed by atoms with Crippen LogP contribution < -0.4 is 14.8 Å². The summed E-state index contributed by atoms with van der Waals surface area (Å²) < 4.78 is 61.9. The number of alkyl halides is 1. The van der Waals surface area contributed by atoms with Crippen LogP contribution in [0.3, 0.4) is 0 Å². The van der Waals surface area contributed by atoms with Gasteiger partial charge in [-0.15, -0.1) is 4.36 Å². The zero-order valence-electron chi connectivity index (χ0n) is 27.8. The molecule has 2 amide bonds. The van der Waals surface area contributed by atoms with Crippen LogP contribution in [0.2, 0.25) is 0 Å². The maximum atomic E-state index is 15.9. The molecular weight excluding hydrogens is 657 g/mol. The number of hydrogen-bond donors (Lipinski definition) is 2. The van der Waals surface area contributed by atoms with E-state index in [-0.39, 0.29) is 36.0 Å². The summed E-state index contributed by atoms with van der Waals surface area (Å²) in [5.74, 6) is -0.127. The first-order valence-electron chi connectivity index (χ1n) is 16.8. The van der Waals surface area contributed by atoms with Gasteiger partial charge < -0.3 is 10.1 Å². The first-order valence-corrected chi connectivity index (χ1v) is 18.4. The molecule has 3 aliphatic rings. The average Bonchev–Trinajstić information content (AvgIpc) is 3.92. The molecule has 0 spiro atoms. The van der Waals surface area contributed by atoms with E-state index in [2.05, 4.69) is 19.5 Å². The largest absolute Gasteiger partial charge is 0.474 e. The molecule has 8 rings (SSSR count). The van der Waals surface area contributed by atoms with Gasteiger partial charge in [0.1, 0.15) is 29.0 Å². The minimum Gasteiger partial charge on any atom is -0.474 e. The number of halogens is 2. The van der Waals surface area contributed by atoms with Crippen molar-refractivity contribution < 1.29 is 22.5 Å². The van der Waals surface area contributed by atoms with Gasteiger partial charge in [0, 0.05) is 18.5 Å². The Labute approximate surface area is 290 Å². The second-order valence-corrected chi connectivity index (χ2v) is 15.7. The van der Waals surface area contributed by atoms with Gasteiger partial charge in [0.25, 0.3) is 0 Å². The molecule has 8 nitrogen and oxygen atoms in total. The summed E-state index contributed by atoms with van der Waals surface area (Å²) in [6.07, 6.45) is 1.90. The maximum absolute atomic E-state index is 15.9. The van der Waals surface area contributed by atoms with E-state index < -0.39 is 33.2 Å². The van der Waals surface area contributed by atoms with Crippen molar-refractivity contribution in [3.8, 4) is 5.88 Å². The zero-order chi connectivity index (χ0) is 34.7. The minimum absolute atomic E-state index is 0.0122. The highest BCUT2D eigenvalue weighted by atomic mass is 32.2. The molecule has 5 aromatic rings. The summed E-state index contributed by atoms with van der Waals surface area (Å²) in [7, 11) is -3.96. The van der Waals surface area contributed by atoms with Crippen molar-refractivity contribution in [2.75, 3.05) is 11.9 Å². The van der Waals surface area contributed by atoms with Crippen molar-refractivity contribution in [3.63, 3.8) is 0 Å². The Morgan fingerprint density at radius 2 is 1.46 bits per heavy atom. The van der Waals surface area contributed by atoms with E-state index in [4.69, 9.17) is 4.74 Å². The van der Waals surface area contributed by atoms with Crippen LogP contribution in [0.25, 0.3) is 0 Å². The molecule has 1 aliphatic heterocycles. The van der Waals surface area contributed by atoms with Crippen LogP contribution in [0.5, 0.6) is 5.88 Å². The van der Waals surface area contributed by atoms with Crippen molar-refractivity contribution in [3.05, 3.63) is 142 Å². The molecule has 2 atom stereocenters. The van der Waals surface area contributed by atoms with E-state index in [9.17, 15) is 9.18 Å². The Bertz CT molecular complexity index is 2140. The highest BCUT2D eigenvalue weighted by Crippen LogP contribution is 2.44. The molecule has 0 fully saturated rings. The molecule has 0 saturated carbocycles. The summed E-state index contributed by atoms with van der Waals surface area (Å²) in [5, 5.41) is 7.44. The molecule has 0 saturated heterocycles. The Hall–Kier alpha value is -4.87. The number of rotatable bonds is 7. The summed E-state index contributed by atoms with van der Waals surface area (Å²) >= 11 is 0. The third-order valence-electron chi connectivity index (χ3n) is 10.0.